The average molecular weight is 392 g/mol. The van der Waals surface area contributed by atoms with Crippen LogP contribution in [0, 0.1) is 11.3 Å². The molecule has 3 heterocycles. The number of carboxylic acid groups (broad SMARTS) is 1. The molecule has 6 N–H and O–H groups in total. The second-order valence-corrected chi connectivity index (χ2v) is 5.54. The number of nitrogens with one attached hydrogen (secondary N) is 3. The first-order valence-electron chi connectivity index (χ1n) is 7.91. The molecule has 0 aliphatic rings. The molecule has 0 radical (unpaired) electrons. The number of nitrogens with two attached hydrogens (primary N) is 1. The first kappa shape index (κ1) is 19.0. The number of hydrogen-bond donors (Lipinski definition) is 5. The Hall–Kier alpha value is -4.79. The van der Waals surface area contributed by atoms with Crippen LogP contribution in [0.4, 0.5) is 16.3 Å². The highest BCUT2D eigenvalue weighted by Gasteiger charge is 2.24. The van der Waals surface area contributed by atoms with E-state index < -0.39 is 17.9 Å². The van der Waals surface area contributed by atoms with Crippen LogP contribution in [-0.4, -0.2) is 43.2 Å². The molecule has 0 atom stereocenters. The maximum atomic E-state index is 12.4. The van der Waals surface area contributed by atoms with Gasteiger partial charge >= 0.3 is 12.0 Å². The Kier molecular flexibility index (Phi) is 5.13. The highest BCUT2D eigenvalue weighted by atomic mass is 16.4. The molecule has 144 valence electrons. The smallest absolute Gasteiger partial charge is 0.341 e. The minimum Gasteiger partial charge on any atom is -0.477 e. The molecule has 0 spiro atoms. The molecular formula is C17H12N8O4. The zero-order valence-electron chi connectivity index (χ0n) is 14.5. The van der Waals surface area contributed by atoms with Crippen molar-refractivity contribution >= 4 is 29.4 Å². The Bertz CT molecular complexity index is 1160. The summed E-state index contributed by atoms with van der Waals surface area (Å²) in [7, 11) is 0. The summed E-state index contributed by atoms with van der Waals surface area (Å²) < 4.78 is 0. The van der Waals surface area contributed by atoms with Crippen molar-refractivity contribution in [3.63, 3.8) is 0 Å². The molecule has 29 heavy (non-hydrogen) atoms. The number of primary amides is 1. The van der Waals surface area contributed by atoms with Gasteiger partial charge in [-0.25, -0.2) is 14.6 Å². The number of amides is 3. The topological polar surface area (TPSA) is 200 Å². The van der Waals surface area contributed by atoms with Crippen molar-refractivity contribution in [1.82, 2.24) is 20.2 Å². The van der Waals surface area contributed by atoms with Crippen LogP contribution in [-0.2, 0) is 0 Å². The van der Waals surface area contributed by atoms with Gasteiger partial charge in [-0.3, -0.25) is 14.9 Å². The molecule has 3 aromatic heterocycles. The molecule has 3 rings (SSSR count). The molecule has 3 amide bonds. The fraction of sp³-hybridized carbons (Fsp3) is 0. The fourth-order valence-electron chi connectivity index (χ4n) is 2.43. The first-order valence-corrected chi connectivity index (χ1v) is 7.91. The van der Waals surface area contributed by atoms with Crippen LogP contribution in [0.25, 0.3) is 11.4 Å². The summed E-state index contributed by atoms with van der Waals surface area (Å²) in [5, 5.41) is 29.6. The number of pyridine rings is 2. The lowest BCUT2D eigenvalue weighted by Crippen LogP contribution is -2.19. The zero-order valence-corrected chi connectivity index (χ0v) is 14.5. The zero-order chi connectivity index (χ0) is 21.0. The third-order valence-electron chi connectivity index (χ3n) is 3.63. The minimum absolute atomic E-state index is 0.00774. The van der Waals surface area contributed by atoms with Crippen LogP contribution < -0.4 is 16.4 Å². The summed E-state index contributed by atoms with van der Waals surface area (Å²) in [6.07, 6.45) is 2.62. The number of carbonyl (C=O) groups excluding carboxylic acids is 2. The molecule has 0 aromatic carbocycles. The number of aromatic nitrogens is 4. The second kappa shape index (κ2) is 7.84. The molecule has 0 saturated heterocycles. The molecule has 0 aliphatic heterocycles. The summed E-state index contributed by atoms with van der Waals surface area (Å²) in [6.45, 7) is 0. The molecule has 0 bridgehead atoms. The Morgan fingerprint density at radius 3 is 2.59 bits per heavy atom. The highest BCUT2D eigenvalue weighted by Crippen LogP contribution is 2.27. The largest absolute Gasteiger partial charge is 0.477 e. The van der Waals surface area contributed by atoms with Crippen molar-refractivity contribution in [2.24, 2.45) is 5.73 Å². The molecule has 3 aromatic rings. The molecule has 0 fully saturated rings. The van der Waals surface area contributed by atoms with Crippen molar-refractivity contribution in [3.05, 3.63) is 53.5 Å². The van der Waals surface area contributed by atoms with Crippen LogP contribution in [0.2, 0.25) is 0 Å². The number of hydrogen-bond acceptors (Lipinski definition) is 7. The van der Waals surface area contributed by atoms with Crippen molar-refractivity contribution in [1.29, 1.82) is 5.26 Å². The molecular weight excluding hydrogens is 380 g/mol. The number of H-pyrrole nitrogens is 1. The van der Waals surface area contributed by atoms with Crippen LogP contribution in [0.1, 0.15) is 26.4 Å². The third kappa shape index (κ3) is 4.14. The second-order valence-electron chi connectivity index (χ2n) is 5.54. The van der Waals surface area contributed by atoms with E-state index >= 15 is 0 Å². The third-order valence-corrected chi connectivity index (χ3v) is 3.63. The SMILES string of the molecule is N#Cc1cc(C(=O)Nc2n[nH]c(-c3cc(NC(N)=O)ccn3)c2C(=O)O)ccn1. The van der Waals surface area contributed by atoms with E-state index in [2.05, 4.69) is 30.8 Å². The van der Waals surface area contributed by atoms with E-state index in [1.165, 1.54) is 36.7 Å². The predicted molar refractivity (Wildman–Crippen MR) is 98.9 cm³/mol. The van der Waals surface area contributed by atoms with Crippen molar-refractivity contribution < 1.29 is 19.5 Å². The Balaban J connectivity index is 1.95. The van der Waals surface area contributed by atoms with Gasteiger partial charge in [-0.15, -0.1) is 0 Å². The quantitative estimate of drug-likeness (QED) is 0.426. The maximum absolute atomic E-state index is 12.4. The van der Waals surface area contributed by atoms with Crippen LogP contribution in [0.15, 0.2) is 36.7 Å². The standard InChI is InChI=1S/C17H12N8O4/c18-7-10-5-8(1-3-20-10)15(26)23-14-12(16(27)28)13(24-25-14)11-6-9(2-4-21-11)22-17(19)29/h1-6H,(H,27,28)(H3,19,21,22,29)(H2,23,24,25,26). The van der Waals surface area contributed by atoms with E-state index in [9.17, 15) is 19.5 Å². The number of nitrogens with zero attached hydrogens (tertiary/aromatic N) is 4. The molecule has 0 unspecified atom stereocenters. The maximum Gasteiger partial charge on any atom is 0.341 e. The van der Waals surface area contributed by atoms with Crippen molar-refractivity contribution in [3.8, 4) is 17.5 Å². The Labute approximate surface area is 162 Å². The number of rotatable bonds is 5. The highest BCUT2D eigenvalue weighted by molar-refractivity contribution is 6.09. The van der Waals surface area contributed by atoms with E-state index in [0.29, 0.717) is 5.69 Å². The number of aromatic amines is 1. The van der Waals surface area contributed by atoms with Crippen molar-refractivity contribution in [2.45, 2.75) is 0 Å². The predicted octanol–water partition coefficient (Wildman–Crippen LogP) is 1.18. The Morgan fingerprint density at radius 2 is 1.90 bits per heavy atom. The van der Waals surface area contributed by atoms with Gasteiger partial charge in [-0.05, 0) is 24.3 Å². The van der Waals surface area contributed by atoms with Crippen LogP contribution in [0.5, 0.6) is 0 Å². The normalized spacial score (nSPS) is 10.0. The summed E-state index contributed by atoms with van der Waals surface area (Å²) in [6, 6.07) is 6.48. The van der Waals surface area contributed by atoms with E-state index in [1.54, 1.807) is 6.07 Å². The lowest BCUT2D eigenvalue weighted by Gasteiger charge is -2.06. The van der Waals surface area contributed by atoms with E-state index in [0.717, 1.165) is 0 Å². The molecule has 0 aliphatic carbocycles. The van der Waals surface area contributed by atoms with Gasteiger partial charge in [0.05, 0.1) is 5.69 Å². The van der Waals surface area contributed by atoms with Crippen LogP contribution in [0.3, 0.4) is 0 Å². The lowest BCUT2D eigenvalue weighted by molar-refractivity contribution is 0.0699. The first-order chi connectivity index (χ1) is 13.9. The van der Waals surface area contributed by atoms with Gasteiger partial charge in [-0.2, -0.15) is 10.4 Å². The lowest BCUT2D eigenvalue weighted by atomic mass is 10.1. The summed E-state index contributed by atoms with van der Waals surface area (Å²) in [5.41, 5.74) is 5.31. The average Bonchev–Trinajstić information content (AvgIpc) is 3.11. The number of nitriles is 1. The number of carbonyl (C=O) groups is 3. The van der Waals surface area contributed by atoms with Gasteiger partial charge in [0.25, 0.3) is 5.91 Å². The van der Waals surface area contributed by atoms with Gasteiger partial charge in [-0.1, -0.05) is 0 Å². The number of aromatic carboxylic acids is 1. The number of anilines is 2. The van der Waals surface area contributed by atoms with Crippen molar-refractivity contribution in [2.75, 3.05) is 10.6 Å². The summed E-state index contributed by atoms with van der Waals surface area (Å²) in [4.78, 5) is 43.0. The van der Waals surface area contributed by atoms with Gasteiger partial charge in [0.2, 0.25) is 0 Å². The van der Waals surface area contributed by atoms with Gasteiger partial charge in [0.15, 0.2) is 5.82 Å². The van der Waals surface area contributed by atoms with Gasteiger partial charge < -0.3 is 21.5 Å². The molecule has 12 heteroatoms. The van der Waals surface area contributed by atoms with E-state index in [4.69, 9.17) is 11.0 Å². The van der Waals surface area contributed by atoms with Crippen LogP contribution >= 0.6 is 0 Å². The number of carboxylic acids is 1. The fourth-order valence-corrected chi connectivity index (χ4v) is 2.43. The molecule has 0 saturated carbocycles. The summed E-state index contributed by atoms with van der Waals surface area (Å²) >= 11 is 0. The minimum atomic E-state index is -1.37. The number of urea groups is 1. The van der Waals surface area contributed by atoms with Gasteiger partial charge in [0.1, 0.15) is 23.0 Å². The van der Waals surface area contributed by atoms with E-state index in [-0.39, 0.29) is 34.0 Å². The molecule has 12 nitrogen and oxygen atoms in total. The monoisotopic (exact) mass is 392 g/mol. The summed E-state index contributed by atoms with van der Waals surface area (Å²) in [5.74, 6) is -2.30. The van der Waals surface area contributed by atoms with E-state index in [1.807, 2.05) is 0 Å². The Morgan fingerprint density at radius 1 is 1.14 bits per heavy atom. The van der Waals surface area contributed by atoms with Gasteiger partial charge in [0, 0.05) is 23.6 Å².